The SMILES string of the molecule is CCOC(=O)N[C@H]1CCCC2[C@H](/C=C/C3=CC=C(c4cccc(F)c4)CN3)[C@@H]3[C@@H](C)OC(=O)[C@@H]3C[C@@H]21. The van der Waals surface area contributed by atoms with E-state index >= 15 is 0 Å². The summed E-state index contributed by atoms with van der Waals surface area (Å²) in [5.41, 5.74) is 2.90. The highest BCUT2D eigenvalue weighted by Gasteiger charge is 2.55. The van der Waals surface area contributed by atoms with Crippen molar-refractivity contribution in [3.63, 3.8) is 0 Å². The number of amides is 1. The van der Waals surface area contributed by atoms with Crippen LogP contribution in [0.15, 0.2) is 54.3 Å². The number of nitrogens with one attached hydrogen (secondary N) is 2. The minimum absolute atomic E-state index is 0.00661. The monoisotopic (exact) mass is 494 g/mol. The van der Waals surface area contributed by atoms with Crippen LogP contribution in [0.5, 0.6) is 0 Å². The summed E-state index contributed by atoms with van der Waals surface area (Å²) in [5.74, 6) is 0.399. The largest absolute Gasteiger partial charge is 0.462 e. The van der Waals surface area contributed by atoms with Crippen LogP contribution >= 0.6 is 0 Å². The fraction of sp³-hybridized carbons (Fsp3) is 0.517. The molecule has 1 unspecified atom stereocenters. The molecule has 5 rings (SSSR count). The highest BCUT2D eigenvalue weighted by atomic mass is 19.1. The molecule has 1 saturated heterocycles. The van der Waals surface area contributed by atoms with E-state index in [1.807, 2.05) is 25.1 Å². The Hall–Kier alpha value is -3.09. The van der Waals surface area contributed by atoms with Crippen LogP contribution in [0.2, 0.25) is 0 Å². The molecule has 4 aliphatic rings. The van der Waals surface area contributed by atoms with E-state index in [1.165, 1.54) is 6.07 Å². The van der Waals surface area contributed by atoms with Crippen molar-refractivity contribution in [1.29, 1.82) is 0 Å². The number of carbonyl (C=O) groups excluding carboxylic acids is 2. The summed E-state index contributed by atoms with van der Waals surface area (Å²) in [6.45, 7) is 4.76. The summed E-state index contributed by atoms with van der Waals surface area (Å²) in [6, 6.07) is 6.64. The number of hydrogen-bond donors (Lipinski definition) is 2. The molecule has 2 aliphatic heterocycles. The summed E-state index contributed by atoms with van der Waals surface area (Å²) in [6.07, 6.45) is 11.7. The molecule has 0 spiro atoms. The number of alkyl carbamates (subject to hydrolysis) is 1. The van der Waals surface area contributed by atoms with Crippen LogP contribution in [-0.4, -0.2) is 37.4 Å². The first kappa shape index (κ1) is 24.6. The Morgan fingerprint density at radius 2 is 2.14 bits per heavy atom. The van der Waals surface area contributed by atoms with Crippen LogP contribution in [-0.2, 0) is 14.3 Å². The van der Waals surface area contributed by atoms with Gasteiger partial charge in [0.05, 0.1) is 12.5 Å². The van der Waals surface area contributed by atoms with E-state index in [0.717, 1.165) is 42.5 Å². The normalized spacial score (nSPS) is 33.5. The van der Waals surface area contributed by atoms with Crippen LogP contribution in [0.4, 0.5) is 9.18 Å². The first-order valence-corrected chi connectivity index (χ1v) is 13.2. The number of benzene rings is 1. The predicted octanol–water partition coefficient (Wildman–Crippen LogP) is 4.98. The van der Waals surface area contributed by atoms with Crippen molar-refractivity contribution in [2.75, 3.05) is 13.2 Å². The second kappa shape index (κ2) is 10.5. The maximum atomic E-state index is 13.6. The van der Waals surface area contributed by atoms with Gasteiger partial charge in [-0.25, -0.2) is 9.18 Å². The summed E-state index contributed by atoms with van der Waals surface area (Å²) >= 11 is 0. The number of halogens is 1. The zero-order valence-electron chi connectivity index (χ0n) is 20.9. The van der Waals surface area contributed by atoms with Gasteiger partial charge in [0.1, 0.15) is 11.9 Å². The molecule has 7 heteroatoms. The van der Waals surface area contributed by atoms with Crippen LogP contribution in [0.3, 0.4) is 0 Å². The number of hydrogen-bond acceptors (Lipinski definition) is 5. The minimum Gasteiger partial charge on any atom is -0.462 e. The number of ether oxygens (including phenoxy) is 2. The van der Waals surface area contributed by atoms with E-state index < -0.39 is 0 Å². The van der Waals surface area contributed by atoms with Crippen molar-refractivity contribution in [3.05, 3.63) is 65.6 Å². The summed E-state index contributed by atoms with van der Waals surface area (Å²) < 4.78 is 24.5. The fourth-order valence-corrected chi connectivity index (χ4v) is 6.86. The minimum atomic E-state index is -0.378. The Kier molecular flexibility index (Phi) is 7.17. The lowest BCUT2D eigenvalue weighted by atomic mass is 9.56. The van der Waals surface area contributed by atoms with Crippen LogP contribution in [0, 0.1) is 35.4 Å². The first-order chi connectivity index (χ1) is 17.4. The molecule has 0 aromatic heterocycles. The van der Waals surface area contributed by atoms with Gasteiger partial charge in [0.25, 0.3) is 0 Å². The van der Waals surface area contributed by atoms with E-state index in [2.05, 4.69) is 22.8 Å². The van der Waals surface area contributed by atoms with E-state index in [9.17, 15) is 14.0 Å². The van der Waals surface area contributed by atoms with Crippen molar-refractivity contribution >= 4 is 17.6 Å². The number of esters is 1. The molecule has 6 nitrogen and oxygen atoms in total. The Morgan fingerprint density at radius 1 is 1.28 bits per heavy atom. The molecule has 3 fully saturated rings. The standard InChI is InChI=1S/C29H35FN2O4/c1-3-35-29(34)32-26-9-5-8-22-23(27-17(2)36-28(33)25(27)15-24(22)26)13-12-21-11-10-19(16-31-21)18-6-4-7-20(30)14-18/h4,6-7,10-14,17,22-27,31H,3,5,8-9,15-16H2,1-2H3,(H,32,34)/b13-12+/t17-,22?,23+,24+,25-,26+,27+/m1/s1. The maximum Gasteiger partial charge on any atom is 0.407 e. The molecule has 0 bridgehead atoms. The number of allylic oxidation sites excluding steroid dienone is 4. The smallest absolute Gasteiger partial charge is 0.407 e. The molecular weight excluding hydrogens is 459 g/mol. The van der Waals surface area contributed by atoms with Gasteiger partial charge in [0.15, 0.2) is 0 Å². The summed E-state index contributed by atoms with van der Waals surface area (Å²) in [4.78, 5) is 25.0. The van der Waals surface area contributed by atoms with Gasteiger partial charge in [-0.3, -0.25) is 4.79 Å². The molecule has 2 N–H and O–H groups in total. The van der Waals surface area contributed by atoms with Crippen LogP contribution in [0.25, 0.3) is 5.57 Å². The molecule has 1 aromatic rings. The third-order valence-electron chi connectivity index (χ3n) is 8.41. The fourth-order valence-electron chi connectivity index (χ4n) is 6.86. The van der Waals surface area contributed by atoms with Crippen LogP contribution in [0.1, 0.15) is 45.1 Å². The first-order valence-electron chi connectivity index (χ1n) is 13.2. The Morgan fingerprint density at radius 3 is 2.89 bits per heavy atom. The van der Waals surface area contributed by atoms with Gasteiger partial charge in [-0.2, -0.15) is 0 Å². The topological polar surface area (TPSA) is 76.7 Å². The molecule has 2 saturated carbocycles. The van der Waals surface area contributed by atoms with Crippen molar-refractivity contribution in [3.8, 4) is 0 Å². The van der Waals surface area contributed by atoms with Gasteiger partial charge in [0.2, 0.25) is 0 Å². The lowest BCUT2D eigenvalue weighted by molar-refractivity contribution is -0.144. The second-order valence-electron chi connectivity index (χ2n) is 10.4. The third kappa shape index (κ3) is 4.93. The van der Waals surface area contributed by atoms with Gasteiger partial charge < -0.3 is 20.1 Å². The average Bonchev–Trinajstić information content (AvgIpc) is 3.15. The van der Waals surface area contributed by atoms with Crippen molar-refractivity contribution < 1.29 is 23.5 Å². The lowest BCUT2D eigenvalue weighted by Gasteiger charge is -2.49. The molecular formula is C29H35FN2O4. The van der Waals surface area contributed by atoms with Gasteiger partial charge in [-0.15, -0.1) is 0 Å². The van der Waals surface area contributed by atoms with E-state index in [-0.39, 0.29) is 53.7 Å². The Bertz CT molecular complexity index is 1100. The van der Waals surface area contributed by atoms with E-state index in [4.69, 9.17) is 9.47 Å². The number of rotatable bonds is 5. The molecule has 1 amide bonds. The number of dihydropyridines is 1. The van der Waals surface area contributed by atoms with Gasteiger partial charge in [-0.05, 0) is 86.3 Å². The molecule has 2 heterocycles. The quantitative estimate of drug-likeness (QED) is 0.565. The van der Waals surface area contributed by atoms with Crippen LogP contribution < -0.4 is 10.6 Å². The molecule has 0 radical (unpaired) electrons. The summed E-state index contributed by atoms with van der Waals surface area (Å²) in [7, 11) is 0. The zero-order chi connectivity index (χ0) is 25.2. The maximum absolute atomic E-state index is 13.6. The third-order valence-corrected chi connectivity index (χ3v) is 8.41. The average molecular weight is 495 g/mol. The van der Waals surface area contributed by atoms with E-state index in [0.29, 0.717) is 19.1 Å². The highest BCUT2D eigenvalue weighted by Crippen LogP contribution is 2.53. The van der Waals surface area contributed by atoms with Crippen molar-refractivity contribution in [1.82, 2.24) is 10.6 Å². The molecule has 192 valence electrons. The molecule has 7 atom stereocenters. The van der Waals surface area contributed by atoms with Gasteiger partial charge in [-0.1, -0.05) is 30.7 Å². The van der Waals surface area contributed by atoms with Crippen molar-refractivity contribution in [2.45, 2.75) is 51.7 Å². The van der Waals surface area contributed by atoms with E-state index in [1.54, 1.807) is 19.1 Å². The number of carbonyl (C=O) groups is 2. The second-order valence-corrected chi connectivity index (χ2v) is 10.4. The lowest BCUT2D eigenvalue weighted by Crippen LogP contribution is -2.52. The Labute approximate surface area is 212 Å². The molecule has 36 heavy (non-hydrogen) atoms. The predicted molar refractivity (Wildman–Crippen MR) is 135 cm³/mol. The number of cyclic esters (lactones) is 1. The summed E-state index contributed by atoms with van der Waals surface area (Å²) in [5, 5.41) is 6.52. The zero-order valence-corrected chi connectivity index (χ0v) is 20.9. The van der Waals surface area contributed by atoms with Gasteiger partial charge >= 0.3 is 12.1 Å². The number of fused-ring (bicyclic) bond motifs is 2. The Balaban J connectivity index is 1.37. The molecule has 2 aliphatic carbocycles. The highest BCUT2D eigenvalue weighted by molar-refractivity contribution is 5.76. The van der Waals surface area contributed by atoms with Crippen molar-refractivity contribution in [2.24, 2.45) is 29.6 Å². The molecule has 1 aromatic carbocycles. The van der Waals surface area contributed by atoms with Gasteiger partial charge in [0, 0.05) is 24.2 Å².